The first-order chi connectivity index (χ1) is 8.00. The lowest BCUT2D eigenvalue weighted by Gasteiger charge is -2.06. The number of Topliss-reactive ketones (excluding diaryl/α,β-unsaturated/α-hetero) is 1. The Morgan fingerprint density at radius 2 is 2.06 bits per heavy atom. The first-order valence-corrected chi connectivity index (χ1v) is 5.47. The highest BCUT2D eigenvalue weighted by Gasteiger charge is 2.09. The average Bonchev–Trinajstić information content (AvgIpc) is 2.23. The summed E-state index contributed by atoms with van der Waals surface area (Å²) in [5, 5.41) is 0. The van der Waals surface area contributed by atoms with E-state index >= 15 is 0 Å². The van der Waals surface area contributed by atoms with Gasteiger partial charge < -0.3 is 4.74 Å². The number of halogens is 2. The van der Waals surface area contributed by atoms with E-state index in [0.29, 0.717) is 5.56 Å². The summed E-state index contributed by atoms with van der Waals surface area (Å²) >= 11 is 0. The van der Waals surface area contributed by atoms with Crippen molar-refractivity contribution in [3.05, 3.63) is 34.9 Å². The van der Waals surface area contributed by atoms with Crippen molar-refractivity contribution in [3.63, 3.8) is 0 Å². The van der Waals surface area contributed by atoms with E-state index < -0.39 is 13.0 Å². The van der Waals surface area contributed by atoms with Crippen LogP contribution in [0.15, 0.2) is 18.2 Å². The molecule has 0 aliphatic carbocycles. The van der Waals surface area contributed by atoms with Crippen LogP contribution < -0.4 is 0 Å². The molecule has 1 rings (SSSR count). The molecule has 0 spiro atoms. The van der Waals surface area contributed by atoms with Crippen LogP contribution in [0.4, 0.5) is 8.78 Å². The maximum absolute atomic E-state index is 11.8. The fraction of sp³-hybridized carbons (Fsp3) is 0.462. The molecule has 0 aliphatic heterocycles. The summed E-state index contributed by atoms with van der Waals surface area (Å²) in [7, 11) is 0. The van der Waals surface area contributed by atoms with Gasteiger partial charge in [0.05, 0.1) is 6.61 Å². The first kappa shape index (κ1) is 13.8. The summed E-state index contributed by atoms with van der Waals surface area (Å²) in [6.45, 7) is 3.24. The van der Waals surface area contributed by atoms with E-state index in [2.05, 4.69) is 4.74 Å². The standard InChI is InChI=1S/C13H16F2O2/c1-9-3-4-11(10(2)7-9)12(16)5-6-17-8-13(14)15/h3-4,7,13H,5-6,8H2,1-2H3. The third kappa shape index (κ3) is 4.61. The molecule has 0 saturated heterocycles. The quantitative estimate of drug-likeness (QED) is 0.565. The lowest BCUT2D eigenvalue weighted by Crippen LogP contribution is -2.10. The number of alkyl halides is 2. The number of rotatable bonds is 6. The van der Waals surface area contributed by atoms with Crippen molar-refractivity contribution in [1.82, 2.24) is 0 Å². The second-order valence-electron chi connectivity index (χ2n) is 3.96. The van der Waals surface area contributed by atoms with E-state index in [1.54, 1.807) is 6.07 Å². The molecule has 0 radical (unpaired) electrons. The van der Waals surface area contributed by atoms with Crippen LogP contribution in [0, 0.1) is 13.8 Å². The topological polar surface area (TPSA) is 26.3 Å². The highest BCUT2D eigenvalue weighted by Crippen LogP contribution is 2.12. The molecule has 94 valence electrons. The smallest absolute Gasteiger partial charge is 0.261 e. The van der Waals surface area contributed by atoms with Gasteiger partial charge in [0.25, 0.3) is 6.43 Å². The molecule has 0 saturated carbocycles. The maximum atomic E-state index is 11.8. The van der Waals surface area contributed by atoms with Gasteiger partial charge >= 0.3 is 0 Å². The Labute approximate surface area is 99.6 Å². The summed E-state index contributed by atoms with van der Waals surface area (Å²) in [5.41, 5.74) is 2.63. The normalized spacial score (nSPS) is 10.9. The fourth-order valence-electron chi connectivity index (χ4n) is 1.60. The van der Waals surface area contributed by atoms with Gasteiger partial charge in [-0.1, -0.05) is 23.8 Å². The Kier molecular flexibility index (Phi) is 5.22. The van der Waals surface area contributed by atoms with Gasteiger partial charge in [-0.25, -0.2) is 8.78 Å². The van der Waals surface area contributed by atoms with Crippen LogP contribution in [0.2, 0.25) is 0 Å². The Bertz CT molecular complexity index is 389. The van der Waals surface area contributed by atoms with E-state index in [-0.39, 0.29) is 18.8 Å². The monoisotopic (exact) mass is 242 g/mol. The zero-order chi connectivity index (χ0) is 12.8. The molecule has 0 unspecified atom stereocenters. The number of ketones is 1. The average molecular weight is 242 g/mol. The molecular formula is C13H16F2O2. The summed E-state index contributed by atoms with van der Waals surface area (Å²) in [4.78, 5) is 11.8. The molecule has 4 heteroatoms. The number of hydrogen-bond donors (Lipinski definition) is 0. The van der Waals surface area contributed by atoms with Crippen molar-refractivity contribution in [2.24, 2.45) is 0 Å². The predicted molar refractivity (Wildman–Crippen MR) is 61.7 cm³/mol. The van der Waals surface area contributed by atoms with Gasteiger partial charge in [-0.2, -0.15) is 0 Å². The minimum atomic E-state index is -2.48. The van der Waals surface area contributed by atoms with Crippen LogP contribution in [-0.2, 0) is 4.74 Å². The van der Waals surface area contributed by atoms with Crippen LogP contribution >= 0.6 is 0 Å². The Morgan fingerprint density at radius 1 is 1.35 bits per heavy atom. The van der Waals surface area contributed by atoms with E-state index in [0.717, 1.165) is 11.1 Å². The van der Waals surface area contributed by atoms with Crippen LogP contribution in [0.3, 0.4) is 0 Å². The molecular weight excluding hydrogens is 226 g/mol. The molecule has 0 N–H and O–H groups in total. The van der Waals surface area contributed by atoms with Crippen molar-refractivity contribution in [1.29, 1.82) is 0 Å². The minimum absolute atomic E-state index is 0.0382. The number of carbonyl (C=O) groups is 1. The first-order valence-electron chi connectivity index (χ1n) is 5.47. The van der Waals surface area contributed by atoms with Crippen LogP contribution in [0.25, 0.3) is 0 Å². The Hall–Kier alpha value is -1.29. The third-order valence-electron chi connectivity index (χ3n) is 2.40. The molecule has 0 aromatic heterocycles. The van der Waals surface area contributed by atoms with E-state index in [1.165, 1.54) is 0 Å². The number of carbonyl (C=O) groups excluding carboxylic acids is 1. The molecule has 0 heterocycles. The maximum Gasteiger partial charge on any atom is 0.261 e. The van der Waals surface area contributed by atoms with Crippen LogP contribution in [0.1, 0.15) is 27.9 Å². The molecule has 0 amide bonds. The second kappa shape index (κ2) is 6.45. The van der Waals surface area contributed by atoms with Gasteiger partial charge in [0.15, 0.2) is 5.78 Å². The summed E-state index contributed by atoms with van der Waals surface area (Å²) in [6.07, 6.45) is -2.34. The SMILES string of the molecule is Cc1ccc(C(=O)CCOCC(F)F)c(C)c1. The van der Waals surface area contributed by atoms with Crippen LogP contribution in [0.5, 0.6) is 0 Å². The van der Waals surface area contributed by atoms with Crippen molar-refractivity contribution in [2.45, 2.75) is 26.7 Å². The van der Waals surface area contributed by atoms with E-state index in [1.807, 2.05) is 26.0 Å². The van der Waals surface area contributed by atoms with Crippen molar-refractivity contribution < 1.29 is 18.3 Å². The second-order valence-corrected chi connectivity index (χ2v) is 3.96. The van der Waals surface area contributed by atoms with Gasteiger partial charge in [0.2, 0.25) is 0 Å². The summed E-state index contributed by atoms with van der Waals surface area (Å²) < 4.78 is 28.2. The van der Waals surface area contributed by atoms with Crippen molar-refractivity contribution in [3.8, 4) is 0 Å². The lowest BCUT2D eigenvalue weighted by atomic mass is 10.0. The van der Waals surface area contributed by atoms with Gasteiger partial charge in [-0.15, -0.1) is 0 Å². The number of ether oxygens (including phenoxy) is 1. The molecule has 0 aliphatic rings. The largest absolute Gasteiger partial charge is 0.375 e. The zero-order valence-electron chi connectivity index (χ0n) is 10.0. The summed E-state index contributed by atoms with van der Waals surface area (Å²) in [6, 6.07) is 5.55. The van der Waals surface area contributed by atoms with Gasteiger partial charge in [0.1, 0.15) is 6.61 Å². The highest BCUT2D eigenvalue weighted by molar-refractivity contribution is 5.97. The zero-order valence-corrected chi connectivity index (χ0v) is 10.0. The van der Waals surface area contributed by atoms with Gasteiger partial charge in [0, 0.05) is 12.0 Å². The van der Waals surface area contributed by atoms with E-state index in [4.69, 9.17) is 0 Å². The van der Waals surface area contributed by atoms with Crippen molar-refractivity contribution in [2.75, 3.05) is 13.2 Å². The number of benzene rings is 1. The Balaban J connectivity index is 2.47. The fourth-order valence-corrected chi connectivity index (χ4v) is 1.60. The molecule has 2 nitrogen and oxygen atoms in total. The molecule has 0 atom stereocenters. The minimum Gasteiger partial charge on any atom is -0.375 e. The van der Waals surface area contributed by atoms with Gasteiger partial charge in [-0.05, 0) is 19.4 Å². The van der Waals surface area contributed by atoms with Crippen LogP contribution in [-0.4, -0.2) is 25.4 Å². The number of aryl methyl sites for hydroxylation is 2. The third-order valence-corrected chi connectivity index (χ3v) is 2.40. The summed E-state index contributed by atoms with van der Waals surface area (Å²) in [5.74, 6) is -0.0724. The predicted octanol–water partition coefficient (Wildman–Crippen LogP) is 3.16. The molecule has 1 aromatic rings. The lowest BCUT2D eigenvalue weighted by molar-refractivity contribution is 0.0169. The molecule has 0 fully saturated rings. The van der Waals surface area contributed by atoms with Crippen molar-refractivity contribution >= 4 is 5.78 Å². The molecule has 0 bridgehead atoms. The van der Waals surface area contributed by atoms with Gasteiger partial charge in [-0.3, -0.25) is 4.79 Å². The van der Waals surface area contributed by atoms with E-state index in [9.17, 15) is 13.6 Å². The highest BCUT2D eigenvalue weighted by atomic mass is 19.3. The Morgan fingerprint density at radius 3 is 2.65 bits per heavy atom. The molecule has 1 aromatic carbocycles. The molecule has 17 heavy (non-hydrogen) atoms. The number of hydrogen-bond acceptors (Lipinski definition) is 2.